The minimum absolute atomic E-state index is 0.369. The predicted molar refractivity (Wildman–Crippen MR) is 79.4 cm³/mol. The van der Waals surface area contributed by atoms with Crippen molar-refractivity contribution in [2.45, 2.75) is 24.6 Å². The molecule has 6 nitrogen and oxygen atoms in total. The summed E-state index contributed by atoms with van der Waals surface area (Å²) >= 11 is 9.35. The van der Waals surface area contributed by atoms with Crippen LogP contribution in [0.2, 0.25) is 5.02 Å². The molecule has 1 saturated heterocycles. The van der Waals surface area contributed by atoms with Gasteiger partial charge in [-0.05, 0) is 28.1 Å². The van der Waals surface area contributed by atoms with Crippen molar-refractivity contribution in [2.75, 3.05) is 6.61 Å². The quantitative estimate of drug-likeness (QED) is 0.648. The van der Waals surface area contributed by atoms with E-state index in [4.69, 9.17) is 26.2 Å². The van der Waals surface area contributed by atoms with Crippen LogP contribution in [0.3, 0.4) is 0 Å². The Morgan fingerprint density at radius 2 is 2.05 bits per heavy atom. The molecule has 2 aromatic rings. The number of H-pyrrole nitrogens is 1. The Labute approximate surface area is 133 Å². The minimum atomic E-state index is -1.23. The molecule has 1 fully saturated rings. The second-order valence-electron chi connectivity index (χ2n) is 4.81. The van der Waals surface area contributed by atoms with Gasteiger partial charge in [0.25, 0.3) is 0 Å². The van der Waals surface area contributed by atoms with Crippen molar-refractivity contribution in [3.8, 4) is 5.88 Å². The Morgan fingerprint density at radius 1 is 1.29 bits per heavy atom. The molecule has 1 aliphatic rings. The maximum Gasteiger partial charge on any atom is 0.230 e. The summed E-state index contributed by atoms with van der Waals surface area (Å²) in [6.45, 7) is -0.395. The van der Waals surface area contributed by atoms with Crippen molar-refractivity contribution in [2.24, 2.45) is 0 Å². The number of nitrogens with one attached hydrogen (secondary N) is 1. The number of rotatable bonds is 3. The van der Waals surface area contributed by atoms with Crippen molar-refractivity contribution < 1.29 is 24.8 Å². The molecule has 2 heterocycles. The Morgan fingerprint density at radius 3 is 2.71 bits per heavy atom. The third-order valence-corrected chi connectivity index (χ3v) is 4.58. The lowest BCUT2D eigenvalue weighted by molar-refractivity contribution is -0.118. The van der Waals surface area contributed by atoms with E-state index >= 15 is 0 Å². The van der Waals surface area contributed by atoms with Crippen LogP contribution in [0.1, 0.15) is 0 Å². The average molecular weight is 379 g/mol. The Hall–Kier alpha value is -0.830. The van der Waals surface area contributed by atoms with Crippen molar-refractivity contribution in [1.82, 2.24) is 4.98 Å². The summed E-state index contributed by atoms with van der Waals surface area (Å²) in [6.07, 6.45) is -4.33. The SMILES string of the molecule is OC[C@H]1O[C@@H](Oc2cc3cc(Br)c(Cl)cc3[nH]2)[C@H](O)[C@@H]1O. The van der Waals surface area contributed by atoms with E-state index in [0.29, 0.717) is 10.9 Å². The summed E-state index contributed by atoms with van der Waals surface area (Å²) in [5.41, 5.74) is 0.768. The number of hydrogen-bond donors (Lipinski definition) is 4. The highest BCUT2D eigenvalue weighted by atomic mass is 79.9. The fourth-order valence-corrected chi connectivity index (χ4v) is 2.78. The van der Waals surface area contributed by atoms with Crippen molar-refractivity contribution >= 4 is 38.4 Å². The first kappa shape index (κ1) is 15.1. The summed E-state index contributed by atoms with van der Waals surface area (Å²) in [5.74, 6) is 0.369. The molecule has 0 aliphatic carbocycles. The van der Waals surface area contributed by atoms with Crippen LogP contribution in [0.5, 0.6) is 5.88 Å². The van der Waals surface area contributed by atoms with Crippen LogP contribution in [0, 0.1) is 0 Å². The summed E-state index contributed by atoms with van der Waals surface area (Å²) in [4.78, 5) is 3.00. The van der Waals surface area contributed by atoms with Crippen molar-refractivity contribution in [3.63, 3.8) is 0 Å². The standard InChI is InChI=1S/C13H13BrClNO5/c14-6-1-5-2-10(16-8(5)3-7(6)15)21-13-12(19)11(18)9(4-17)20-13/h1-3,9,11-13,16-19H,4H2/t9-,11-,12-,13+/m1/s1. The lowest BCUT2D eigenvalue weighted by atomic mass is 10.1. The molecule has 0 bridgehead atoms. The van der Waals surface area contributed by atoms with Crippen LogP contribution < -0.4 is 4.74 Å². The van der Waals surface area contributed by atoms with Gasteiger partial charge in [0, 0.05) is 21.4 Å². The maximum absolute atomic E-state index is 9.83. The molecule has 4 atom stereocenters. The second-order valence-corrected chi connectivity index (χ2v) is 6.07. The number of aromatic nitrogens is 1. The molecule has 8 heteroatoms. The lowest BCUT2D eigenvalue weighted by Crippen LogP contribution is -2.35. The second kappa shape index (κ2) is 5.75. The first-order chi connectivity index (χ1) is 9.99. The number of hydrogen-bond acceptors (Lipinski definition) is 5. The van der Waals surface area contributed by atoms with Gasteiger partial charge in [-0.3, -0.25) is 0 Å². The maximum atomic E-state index is 9.83. The Bertz CT molecular complexity index is 624. The molecule has 1 aromatic heterocycles. The molecular formula is C13H13BrClNO5. The van der Waals surface area contributed by atoms with Crippen LogP contribution in [-0.4, -0.2) is 51.5 Å². The van der Waals surface area contributed by atoms with Gasteiger partial charge in [-0.25, -0.2) is 0 Å². The summed E-state index contributed by atoms with van der Waals surface area (Å²) in [7, 11) is 0. The molecule has 1 aliphatic heterocycles. The fraction of sp³-hybridized carbons (Fsp3) is 0.385. The molecule has 3 rings (SSSR count). The van der Waals surface area contributed by atoms with Gasteiger partial charge in [-0.2, -0.15) is 0 Å². The van der Waals surface area contributed by atoms with E-state index in [1.807, 2.05) is 6.07 Å². The van der Waals surface area contributed by atoms with Gasteiger partial charge in [0.1, 0.15) is 18.3 Å². The number of benzene rings is 1. The number of aliphatic hydroxyl groups is 3. The predicted octanol–water partition coefficient (Wildman–Crippen LogP) is 1.40. The first-order valence-electron chi connectivity index (χ1n) is 6.26. The van der Waals surface area contributed by atoms with E-state index in [-0.39, 0.29) is 0 Å². The van der Waals surface area contributed by atoms with E-state index in [1.165, 1.54) is 0 Å². The zero-order valence-electron chi connectivity index (χ0n) is 10.7. The number of aliphatic hydroxyl groups excluding tert-OH is 3. The topological polar surface area (TPSA) is 94.9 Å². The third kappa shape index (κ3) is 2.77. The molecule has 1 aromatic carbocycles. The Kier molecular flexibility index (Phi) is 4.13. The highest BCUT2D eigenvalue weighted by Gasteiger charge is 2.44. The van der Waals surface area contributed by atoms with Gasteiger partial charge in [-0.15, -0.1) is 0 Å². The van der Waals surface area contributed by atoms with Gasteiger partial charge >= 0.3 is 0 Å². The average Bonchev–Trinajstić information content (AvgIpc) is 2.94. The zero-order chi connectivity index (χ0) is 15.1. The molecule has 0 saturated carbocycles. The van der Waals surface area contributed by atoms with Gasteiger partial charge in [-0.1, -0.05) is 11.6 Å². The number of aromatic amines is 1. The van der Waals surface area contributed by atoms with E-state index in [9.17, 15) is 10.2 Å². The molecule has 0 unspecified atom stereocenters. The van der Waals surface area contributed by atoms with Crippen molar-refractivity contribution in [3.05, 3.63) is 27.7 Å². The zero-order valence-corrected chi connectivity index (χ0v) is 13.0. The third-order valence-electron chi connectivity index (χ3n) is 3.38. The normalized spacial score (nSPS) is 29.2. The Balaban J connectivity index is 1.82. The summed E-state index contributed by atoms with van der Waals surface area (Å²) < 4.78 is 11.5. The highest BCUT2D eigenvalue weighted by Crippen LogP contribution is 2.31. The molecule has 0 spiro atoms. The molecule has 4 N–H and O–H groups in total. The van der Waals surface area contributed by atoms with Crippen LogP contribution >= 0.6 is 27.5 Å². The molecule has 114 valence electrons. The monoisotopic (exact) mass is 377 g/mol. The minimum Gasteiger partial charge on any atom is -0.447 e. The summed E-state index contributed by atoms with van der Waals surface area (Å²) in [5, 5.41) is 30.0. The van der Waals surface area contributed by atoms with E-state index < -0.39 is 31.2 Å². The van der Waals surface area contributed by atoms with E-state index in [2.05, 4.69) is 20.9 Å². The molecule has 0 amide bonds. The lowest BCUT2D eigenvalue weighted by Gasteiger charge is -2.15. The van der Waals surface area contributed by atoms with Crippen LogP contribution in [0.15, 0.2) is 22.7 Å². The van der Waals surface area contributed by atoms with Gasteiger partial charge < -0.3 is 29.8 Å². The molecule has 21 heavy (non-hydrogen) atoms. The van der Waals surface area contributed by atoms with Gasteiger partial charge in [0.15, 0.2) is 5.88 Å². The molecule has 0 radical (unpaired) electrons. The smallest absolute Gasteiger partial charge is 0.230 e. The van der Waals surface area contributed by atoms with Crippen LogP contribution in [0.25, 0.3) is 10.9 Å². The number of ether oxygens (including phenoxy) is 2. The largest absolute Gasteiger partial charge is 0.447 e. The van der Waals surface area contributed by atoms with Crippen LogP contribution in [-0.2, 0) is 4.74 Å². The number of fused-ring (bicyclic) bond motifs is 1. The van der Waals surface area contributed by atoms with Crippen molar-refractivity contribution in [1.29, 1.82) is 0 Å². The first-order valence-corrected chi connectivity index (χ1v) is 7.43. The summed E-state index contributed by atoms with van der Waals surface area (Å²) in [6, 6.07) is 5.30. The van der Waals surface area contributed by atoms with E-state index in [0.717, 1.165) is 15.4 Å². The van der Waals surface area contributed by atoms with Gasteiger partial charge in [0.2, 0.25) is 6.29 Å². The molecular weight excluding hydrogens is 366 g/mol. The van der Waals surface area contributed by atoms with E-state index in [1.54, 1.807) is 12.1 Å². The number of halogens is 2. The van der Waals surface area contributed by atoms with Gasteiger partial charge in [0.05, 0.1) is 11.6 Å². The highest BCUT2D eigenvalue weighted by molar-refractivity contribution is 9.10. The fourth-order valence-electron chi connectivity index (χ4n) is 2.25. The van der Waals surface area contributed by atoms with Crippen LogP contribution in [0.4, 0.5) is 0 Å².